The molecule has 4 aromatic carbocycles. The molecule has 0 spiro atoms. The van der Waals surface area contributed by atoms with Crippen LogP contribution in [0.25, 0.3) is 70.7 Å². The minimum Gasteiger partial charge on any atom is -0.309 e. The molecule has 8 aromatic rings. The smallest absolute Gasteiger partial charge is 0.124 e. The predicted octanol–water partition coefficient (Wildman–Crippen LogP) is 9.85. The van der Waals surface area contributed by atoms with Crippen LogP contribution in [0.5, 0.6) is 0 Å². The van der Waals surface area contributed by atoms with Crippen molar-refractivity contribution in [1.82, 2.24) is 14.5 Å². The highest BCUT2D eigenvalue weighted by Gasteiger charge is 2.16. The molecule has 0 N–H and O–H groups in total. The highest BCUT2D eigenvalue weighted by Crippen LogP contribution is 2.38. The maximum absolute atomic E-state index is 4.94. The van der Waals surface area contributed by atoms with Crippen LogP contribution in [0.3, 0.4) is 0 Å². The van der Waals surface area contributed by atoms with Gasteiger partial charge in [0.05, 0.1) is 26.9 Å². The van der Waals surface area contributed by atoms with Gasteiger partial charge in [-0.15, -0.1) is 11.3 Å². The molecule has 39 heavy (non-hydrogen) atoms. The fourth-order valence-electron chi connectivity index (χ4n) is 5.46. The van der Waals surface area contributed by atoms with Crippen LogP contribution in [0.4, 0.5) is 0 Å². The first-order valence-corrected chi connectivity index (χ1v) is 14.6. The molecule has 0 aliphatic carbocycles. The van der Waals surface area contributed by atoms with Gasteiger partial charge in [-0.1, -0.05) is 60.7 Å². The van der Waals surface area contributed by atoms with E-state index in [0.717, 1.165) is 38.6 Å². The van der Waals surface area contributed by atoms with E-state index >= 15 is 0 Å². The van der Waals surface area contributed by atoms with Gasteiger partial charge >= 0.3 is 0 Å². The minimum absolute atomic E-state index is 0.994. The van der Waals surface area contributed by atoms with Crippen molar-refractivity contribution in [2.75, 3.05) is 0 Å². The molecule has 0 fully saturated rings. The lowest BCUT2D eigenvalue weighted by Gasteiger charge is -2.12. The molecule has 0 radical (unpaired) electrons. The monoisotopic (exact) mass is 535 g/mol. The summed E-state index contributed by atoms with van der Waals surface area (Å²) in [4.78, 5) is 9.75. The third-order valence-corrected chi connectivity index (χ3v) is 9.00. The summed E-state index contributed by atoms with van der Waals surface area (Å²) >= 11 is 3.45. The molecular weight excluding hydrogens is 515 g/mol. The highest BCUT2D eigenvalue weighted by molar-refractivity contribution is 7.21. The number of nitrogens with zero attached hydrogens (tertiary/aromatic N) is 3. The van der Waals surface area contributed by atoms with Gasteiger partial charge in [-0.25, -0.2) is 4.98 Å². The Morgan fingerprint density at radius 2 is 1.54 bits per heavy atom. The average molecular weight is 536 g/mol. The second-order valence-corrected chi connectivity index (χ2v) is 11.3. The number of benzene rings is 4. The van der Waals surface area contributed by atoms with Crippen molar-refractivity contribution >= 4 is 54.7 Å². The van der Waals surface area contributed by atoms with Gasteiger partial charge in [0.15, 0.2) is 0 Å². The Balaban J connectivity index is 1.35. The average Bonchev–Trinajstić information content (AvgIpc) is 3.75. The van der Waals surface area contributed by atoms with Crippen molar-refractivity contribution < 1.29 is 0 Å². The van der Waals surface area contributed by atoms with Gasteiger partial charge in [0.25, 0.3) is 0 Å². The van der Waals surface area contributed by atoms with E-state index < -0.39 is 0 Å². The summed E-state index contributed by atoms with van der Waals surface area (Å²) in [5.74, 6) is 0. The Bertz CT molecular complexity index is 2100. The first kappa shape index (κ1) is 22.4. The van der Waals surface area contributed by atoms with Crippen LogP contribution in [-0.2, 0) is 0 Å². The maximum Gasteiger partial charge on any atom is 0.124 e. The molecule has 0 amide bonds. The predicted molar refractivity (Wildman–Crippen MR) is 166 cm³/mol. The molecule has 4 aromatic heterocycles. The zero-order valence-electron chi connectivity index (χ0n) is 20.8. The molecule has 4 heterocycles. The number of para-hydroxylation sites is 2. The number of hydrogen-bond donors (Lipinski definition) is 0. The zero-order valence-corrected chi connectivity index (χ0v) is 22.4. The second-order valence-electron chi connectivity index (χ2n) is 9.53. The molecule has 0 aliphatic rings. The fraction of sp³-hybridized carbons (Fsp3) is 0. The summed E-state index contributed by atoms with van der Waals surface area (Å²) in [7, 11) is 0. The first-order valence-electron chi connectivity index (χ1n) is 12.8. The molecule has 0 unspecified atom stereocenters. The maximum atomic E-state index is 4.94. The van der Waals surface area contributed by atoms with Crippen LogP contribution in [0.15, 0.2) is 126 Å². The lowest BCUT2D eigenvalue weighted by atomic mass is 10.0. The molecule has 8 rings (SSSR count). The Kier molecular flexibility index (Phi) is 5.18. The van der Waals surface area contributed by atoms with Gasteiger partial charge in [0.2, 0.25) is 0 Å². The Morgan fingerprint density at radius 3 is 2.46 bits per heavy atom. The molecular formula is C34H21N3S2. The van der Waals surface area contributed by atoms with Gasteiger partial charge in [-0.3, -0.25) is 4.98 Å². The van der Waals surface area contributed by atoms with E-state index in [9.17, 15) is 0 Å². The van der Waals surface area contributed by atoms with E-state index in [0.29, 0.717) is 0 Å². The first-order chi connectivity index (χ1) is 19.3. The molecule has 0 atom stereocenters. The number of fused-ring (bicyclic) bond motifs is 4. The van der Waals surface area contributed by atoms with Gasteiger partial charge in [-0.05, 0) is 64.9 Å². The number of thiazole rings is 1. The molecule has 0 saturated heterocycles. The van der Waals surface area contributed by atoms with E-state index in [1.807, 2.05) is 18.3 Å². The summed E-state index contributed by atoms with van der Waals surface area (Å²) in [6, 6.07) is 38.8. The number of thiophene rings is 1. The molecule has 3 nitrogen and oxygen atoms in total. The van der Waals surface area contributed by atoms with Crippen molar-refractivity contribution in [3.8, 4) is 38.6 Å². The Morgan fingerprint density at radius 1 is 0.641 bits per heavy atom. The summed E-state index contributed by atoms with van der Waals surface area (Å²) in [5.41, 5.74) is 10.1. The van der Waals surface area contributed by atoms with E-state index in [-0.39, 0.29) is 0 Å². The van der Waals surface area contributed by atoms with Gasteiger partial charge < -0.3 is 4.57 Å². The quantitative estimate of drug-likeness (QED) is 0.224. The van der Waals surface area contributed by atoms with Crippen molar-refractivity contribution in [3.63, 3.8) is 0 Å². The Hall–Kier alpha value is -4.58. The standard InChI is InChI=1S/C34H21N3S2/c1-3-12-30-27(9-1)28-15-14-23(34-36-29-11-2-4-13-32(29)39-34)20-31(28)37(30)25-8-5-7-22(19-25)33-26(10-6-17-35-33)24-16-18-38-21-24/h1-21H. The van der Waals surface area contributed by atoms with Gasteiger partial charge in [-0.2, -0.15) is 11.3 Å². The molecule has 0 bridgehead atoms. The van der Waals surface area contributed by atoms with Crippen LogP contribution in [0.1, 0.15) is 0 Å². The topological polar surface area (TPSA) is 30.7 Å². The molecule has 0 aliphatic heterocycles. The normalized spacial score (nSPS) is 11.6. The van der Waals surface area contributed by atoms with E-state index in [2.05, 4.69) is 112 Å². The van der Waals surface area contributed by atoms with Crippen molar-refractivity contribution in [2.45, 2.75) is 0 Å². The number of aromatic nitrogens is 3. The van der Waals surface area contributed by atoms with Crippen molar-refractivity contribution in [2.24, 2.45) is 0 Å². The number of rotatable bonds is 4. The zero-order chi connectivity index (χ0) is 25.8. The van der Waals surface area contributed by atoms with E-state index in [4.69, 9.17) is 9.97 Å². The molecule has 184 valence electrons. The van der Waals surface area contributed by atoms with Crippen LogP contribution in [0, 0.1) is 0 Å². The second kappa shape index (κ2) is 9.02. The number of pyridine rings is 1. The third kappa shape index (κ3) is 3.70. The molecule has 5 heteroatoms. The van der Waals surface area contributed by atoms with Crippen LogP contribution >= 0.6 is 22.7 Å². The summed E-state index contributed by atoms with van der Waals surface area (Å²) < 4.78 is 3.58. The van der Waals surface area contributed by atoms with Crippen LogP contribution in [-0.4, -0.2) is 14.5 Å². The van der Waals surface area contributed by atoms with E-state index in [1.165, 1.54) is 32.1 Å². The molecule has 0 saturated carbocycles. The summed E-state index contributed by atoms with van der Waals surface area (Å²) in [5, 5.41) is 7.81. The SMILES string of the molecule is c1cc(-c2ncccc2-c2ccsc2)cc(-n2c3ccccc3c3ccc(-c4nc5ccccc5s4)cc32)c1. The summed E-state index contributed by atoms with van der Waals surface area (Å²) in [6.07, 6.45) is 1.88. The van der Waals surface area contributed by atoms with Crippen LogP contribution in [0.2, 0.25) is 0 Å². The Labute approximate surface area is 233 Å². The van der Waals surface area contributed by atoms with Gasteiger partial charge in [0, 0.05) is 39.3 Å². The summed E-state index contributed by atoms with van der Waals surface area (Å²) in [6.45, 7) is 0. The fourth-order valence-corrected chi connectivity index (χ4v) is 7.07. The largest absolute Gasteiger partial charge is 0.309 e. The lowest BCUT2D eigenvalue weighted by Crippen LogP contribution is -1.95. The highest BCUT2D eigenvalue weighted by atomic mass is 32.1. The van der Waals surface area contributed by atoms with Gasteiger partial charge in [0.1, 0.15) is 5.01 Å². The lowest BCUT2D eigenvalue weighted by molar-refractivity contribution is 1.18. The number of hydrogen-bond acceptors (Lipinski definition) is 4. The minimum atomic E-state index is 0.994. The van der Waals surface area contributed by atoms with E-state index in [1.54, 1.807) is 22.7 Å². The van der Waals surface area contributed by atoms with Crippen molar-refractivity contribution in [1.29, 1.82) is 0 Å². The van der Waals surface area contributed by atoms with Crippen LogP contribution < -0.4 is 0 Å². The third-order valence-electron chi connectivity index (χ3n) is 7.23. The van der Waals surface area contributed by atoms with Crippen molar-refractivity contribution in [3.05, 3.63) is 126 Å².